The summed E-state index contributed by atoms with van der Waals surface area (Å²) in [5.74, 6) is 2.43. The van der Waals surface area contributed by atoms with E-state index in [0.29, 0.717) is 12.8 Å². The van der Waals surface area contributed by atoms with Crippen LogP contribution in [-0.2, 0) is 18.5 Å². The van der Waals surface area contributed by atoms with Crippen LogP contribution in [0.2, 0.25) is 0 Å². The van der Waals surface area contributed by atoms with Crippen LogP contribution in [0.1, 0.15) is 66.7 Å². The first-order valence-electron chi connectivity index (χ1n) is 12.8. The van der Waals surface area contributed by atoms with E-state index in [4.69, 9.17) is 8.37 Å². The third-order valence-electron chi connectivity index (χ3n) is 8.66. The molecule has 0 N–H and O–H groups in total. The van der Waals surface area contributed by atoms with E-state index in [9.17, 15) is 13.2 Å². The van der Waals surface area contributed by atoms with Crippen LogP contribution < -0.4 is 4.74 Å². The van der Waals surface area contributed by atoms with Gasteiger partial charge in [0.25, 0.3) is 10.1 Å². The lowest BCUT2D eigenvalue weighted by atomic mass is 9.70. The summed E-state index contributed by atoms with van der Waals surface area (Å²) in [5, 5.41) is 1.97. The van der Waals surface area contributed by atoms with Crippen molar-refractivity contribution in [2.24, 2.45) is 16.7 Å². The van der Waals surface area contributed by atoms with Crippen molar-refractivity contribution >= 4 is 37.0 Å². The number of hydrogen-bond donors (Lipinski definition) is 0. The molecule has 2 aliphatic carbocycles. The van der Waals surface area contributed by atoms with Gasteiger partial charge in [0.1, 0.15) is 17.1 Å². The predicted octanol–water partition coefficient (Wildman–Crippen LogP) is 6.63. The second kappa shape index (κ2) is 8.22. The largest absolute Gasteiger partial charge is 0.488 e. The van der Waals surface area contributed by atoms with Crippen LogP contribution in [-0.4, -0.2) is 37.1 Å². The van der Waals surface area contributed by atoms with Crippen LogP contribution in [0.25, 0.3) is 10.8 Å². The molecular weight excluding hydrogens is 480 g/mol. The fraction of sp³-hybridized carbons (Fsp3) is 0.607. The Morgan fingerprint density at radius 1 is 1.03 bits per heavy atom. The molecule has 3 aliphatic rings. The molecule has 5 rings (SSSR count). The standard InChI is InChI=1S/C28H38O5S2/c1-26(2,3)32-23-12-13-24(22-11-7-6-10-21(22)23)34(16-8-9-17-34)33-35(30,31)19-28-15-14-20(18-25(28)29)27(28,4)5/h6-7,10-13,20H,8-9,14-19H2,1-5H3. The Kier molecular flexibility index (Phi) is 5.89. The molecule has 2 unspecified atom stereocenters. The molecule has 2 atom stereocenters. The fourth-order valence-electron chi connectivity index (χ4n) is 6.72. The second-order valence-electron chi connectivity index (χ2n) is 12.2. The molecule has 35 heavy (non-hydrogen) atoms. The monoisotopic (exact) mass is 518 g/mol. The van der Waals surface area contributed by atoms with Gasteiger partial charge in [0.15, 0.2) is 0 Å². The molecular formula is C28H38O5S2. The molecule has 0 amide bonds. The fourth-order valence-corrected chi connectivity index (χ4v) is 13.5. The Balaban J connectivity index is 1.54. The summed E-state index contributed by atoms with van der Waals surface area (Å²) in [4.78, 5) is 14.0. The molecule has 1 saturated heterocycles. The summed E-state index contributed by atoms with van der Waals surface area (Å²) in [5.41, 5.74) is -1.47. The van der Waals surface area contributed by atoms with Crippen molar-refractivity contribution in [2.75, 3.05) is 17.3 Å². The Hall–Kier alpha value is -1.57. The number of hydrogen-bond acceptors (Lipinski definition) is 5. The van der Waals surface area contributed by atoms with E-state index in [2.05, 4.69) is 13.8 Å². The van der Waals surface area contributed by atoms with Crippen molar-refractivity contribution in [3.8, 4) is 5.75 Å². The van der Waals surface area contributed by atoms with E-state index in [0.717, 1.165) is 52.2 Å². The smallest absolute Gasteiger partial charge is 0.277 e. The first kappa shape index (κ1) is 25.1. The molecule has 2 bridgehead atoms. The number of carbonyl (C=O) groups excluding carboxylic acids is 1. The molecule has 3 fully saturated rings. The third-order valence-corrected chi connectivity index (χ3v) is 14.4. The molecule has 1 aliphatic heterocycles. The van der Waals surface area contributed by atoms with E-state index < -0.39 is 25.8 Å². The average molecular weight is 519 g/mol. The molecule has 7 heteroatoms. The summed E-state index contributed by atoms with van der Waals surface area (Å²) >= 11 is 0. The van der Waals surface area contributed by atoms with E-state index in [1.807, 2.05) is 57.2 Å². The van der Waals surface area contributed by atoms with Gasteiger partial charge in [0.2, 0.25) is 0 Å². The third kappa shape index (κ3) is 4.11. The van der Waals surface area contributed by atoms with Gasteiger partial charge in [0, 0.05) is 28.2 Å². The highest BCUT2D eigenvalue weighted by Gasteiger charge is 2.65. The highest BCUT2D eigenvalue weighted by Crippen LogP contribution is 2.67. The van der Waals surface area contributed by atoms with Crippen LogP contribution in [0.3, 0.4) is 0 Å². The minimum atomic E-state index is -3.93. The molecule has 0 spiro atoms. The summed E-state index contributed by atoms with van der Waals surface area (Å²) in [6, 6.07) is 12.0. The minimum absolute atomic E-state index is 0.107. The number of fused-ring (bicyclic) bond motifs is 3. The van der Waals surface area contributed by atoms with E-state index in [1.54, 1.807) is 0 Å². The van der Waals surface area contributed by atoms with Crippen molar-refractivity contribution in [1.82, 2.24) is 0 Å². The molecule has 5 nitrogen and oxygen atoms in total. The van der Waals surface area contributed by atoms with Gasteiger partial charge >= 0.3 is 0 Å². The zero-order chi connectivity index (χ0) is 25.3. The van der Waals surface area contributed by atoms with E-state index in [1.165, 1.54) is 0 Å². The van der Waals surface area contributed by atoms with Gasteiger partial charge in [-0.25, -0.2) is 3.63 Å². The van der Waals surface area contributed by atoms with E-state index >= 15 is 0 Å². The van der Waals surface area contributed by atoms with Crippen molar-refractivity contribution in [3.63, 3.8) is 0 Å². The van der Waals surface area contributed by atoms with Crippen LogP contribution in [0.15, 0.2) is 41.3 Å². The van der Waals surface area contributed by atoms with Gasteiger partial charge in [-0.15, -0.1) is 0 Å². The van der Waals surface area contributed by atoms with Gasteiger partial charge in [-0.3, -0.25) is 4.79 Å². The molecule has 2 aromatic carbocycles. The van der Waals surface area contributed by atoms with Gasteiger partial charge < -0.3 is 4.74 Å². The second-order valence-corrected chi connectivity index (χ2v) is 17.0. The number of ketones is 1. The number of Topliss-reactive ketones (excluding diaryl/α,β-unsaturated/α-hetero) is 1. The highest BCUT2D eigenvalue weighted by atomic mass is 32.3. The van der Waals surface area contributed by atoms with Gasteiger partial charge in [0.05, 0.1) is 11.2 Å². The average Bonchev–Trinajstić information content (AvgIpc) is 3.36. The predicted molar refractivity (Wildman–Crippen MR) is 143 cm³/mol. The molecule has 0 radical (unpaired) electrons. The number of rotatable bonds is 6. The van der Waals surface area contributed by atoms with Crippen molar-refractivity contribution in [2.45, 2.75) is 77.2 Å². The number of ether oxygens (including phenoxy) is 1. The number of carbonyl (C=O) groups is 1. The van der Waals surface area contributed by atoms with Crippen molar-refractivity contribution < 1.29 is 21.6 Å². The quantitative estimate of drug-likeness (QED) is 0.429. The Morgan fingerprint density at radius 2 is 1.69 bits per heavy atom. The maximum Gasteiger partial charge on any atom is 0.277 e. The number of benzene rings is 2. The molecule has 1 heterocycles. The first-order valence-corrected chi connectivity index (χ1v) is 16.2. The van der Waals surface area contributed by atoms with Crippen molar-refractivity contribution in [1.29, 1.82) is 0 Å². The van der Waals surface area contributed by atoms with Crippen LogP contribution >= 0.6 is 10.3 Å². The highest BCUT2D eigenvalue weighted by molar-refractivity contribution is 8.33. The summed E-state index contributed by atoms with van der Waals surface area (Å²) in [6.45, 7) is 10.2. The lowest BCUT2D eigenvalue weighted by Crippen LogP contribution is -2.42. The summed E-state index contributed by atoms with van der Waals surface area (Å²) in [7, 11) is -5.98. The van der Waals surface area contributed by atoms with Crippen molar-refractivity contribution in [3.05, 3.63) is 36.4 Å². The first-order chi connectivity index (χ1) is 16.3. The van der Waals surface area contributed by atoms with Crippen LogP contribution in [0.4, 0.5) is 0 Å². The lowest BCUT2D eigenvalue weighted by Gasteiger charge is -2.39. The Labute approximate surface area is 211 Å². The maximum atomic E-state index is 13.7. The SMILES string of the molecule is CC(C)(C)Oc1ccc(S2(OS(=O)(=O)CC34CCC(CC3=O)C4(C)C)CCCC2)c2ccccc12. The maximum absolute atomic E-state index is 13.7. The Bertz CT molecular complexity index is 1270. The minimum Gasteiger partial charge on any atom is -0.488 e. The zero-order valence-corrected chi connectivity index (χ0v) is 23.2. The summed E-state index contributed by atoms with van der Waals surface area (Å²) in [6.07, 6.45) is 3.96. The normalized spacial score (nSPS) is 28.5. The lowest BCUT2D eigenvalue weighted by molar-refractivity contribution is -0.128. The molecule has 2 saturated carbocycles. The van der Waals surface area contributed by atoms with Gasteiger partial charge in [-0.2, -0.15) is 8.42 Å². The van der Waals surface area contributed by atoms with Crippen LogP contribution in [0, 0.1) is 16.7 Å². The van der Waals surface area contributed by atoms with E-state index in [-0.39, 0.29) is 28.5 Å². The molecule has 2 aromatic rings. The summed E-state index contributed by atoms with van der Waals surface area (Å²) < 4.78 is 40.1. The molecule has 192 valence electrons. The van der Waals surface area contributed by atoms with Gasteiger partial charge in [-0.1, -0.05) is 48.4 Å². The van der Waals surface area contributed by atoms with Crippen LogP contribution in [0.5, 0.6) is 5.75 Å². The van der Waals surface area contributed by atoms with Gasteiger partial charge in [-0.05, 0) is 75.3 Å². The molecule has 0 aromatic heterocycles. The zero-order valence-electron chi connectivity index (χ0n) is 21.6. The topological polar surface area (TPSA) is 69.7 Å². The Morgan fingerprint density at radius 3 is 2.26 bits per heavy atom.